The third-order valence-corrected chi connectivity index (χ3v) is 5.47. The number of carbonyl (C=O) groups excluding carboxylic acids is 1. The molecule has 0 fully saturated rings. The fraction of sp³-hybridized carbons (Fsp3) is 0.348. The van der Waals surface area contributed by atoms with Crippen molar-refractivity contribution in [1.82, 2.24) is 9.88 Å². The Labute approximate surface area is 165 Å². The first kappa shape index (κ1) is 18.6. The first-order valence-corrected chi connectivity index (χ1v) is 9.79. The van der Waals surface area contributed by atoms with Crippen LogP contribution >= 0.6 is 0 Å². The van der Waals surface area contributed by atoms with Crippen LogP contribution < -0.4 is 14.8 Å². The highest BCUT2D eigenvalue weighted by Crippen LogP contribution is 2.31. The molecule has 1 aliphatic heterocycles. The van der Waals surface area contributed by atoms with E-state index in [9.17, 15) is 4.79 Å². The van der Waals surface area contributed by atoms with Crippen molar-refractivity contribution in [3.63, 3.8) is 0 Å². The number of fused-ring (bicyclic) bond motifs is 3. The summed E-state index contributed by atoms with van der Waals surface area (Å²) < 4.78 is 12.6. The summed E-state index contributed by atoms with van der Waals surface area (Å²) in [4.78, 5) is 12.5. The molecule has 0 unspecified atom stereocenters. The highest BCUT2D eigenvalue weighted by molar-refractivity contribution is 5.96. The van der Waals surface area contributed by atoms with E-state index in [2.05, 4.69) is 23.5 Å². The lowest BCUT2D eigenvalue weighted by atomic mass is 10.0. The van der Waals surface area contributed by atoms with E-state index >= 15 is 0 Å². The average molecular weight is 378 g/mol. The maximum Gasteiger partial charge on any atom is 0.231 e. The van der Waals surface area contributed by atoms with Crippen molar-refractivity contribution in [2.24, 2.45) is 0 Å². The number of para-hydroxylation sites is 1. The molecule has 28 heavy (non-hydrogen) atoms. The minimum absolute atomic E-state index is 0.224. The highest BCUT2D eigenvalue weighted by atomic mass is 16.5. The molecule has 1 N–H and O–H groups in total. The second-order valence-electron chi connectivity index (χ2n) is 7.14. The van der Waals surface area contributed by atoms with Gasteiger partial charge in [-0.1, -0.05) is 24.3 Å². The third kappa shape index (κ3) is 3.38. The standard InChI is InChI=1S/C23H26N2O3/c1-27-21-11-10-16(14-22(21)28-2)15-24-13-12-18-17-6-3-4-7-19(17)25-20(18)8-5-9-23(25)26/h3-4,6-7,10-11,14,24H,5,8-9,12-13,15H2,1-2H3. The van der Waals surface area contributed by atoms with Crippen molar-refractivity contribution in [3.8, 4) is 11.5 Å². The molecule has 0 aliphatic carbocycles. The molecule has 0 atom stereocenters. The minimum Gasteiger partial charge on any atom is -0.493 e. The number of nitrogens with zero attached hydrogens (tertiary/aromatic N) is 1. The molecule has 1 aliphatic rings. The molecule has 0 saturated carbocycles. The first-order chi connectivity index (χ1) is 13.7. The van der Waals surface area contributed by atoms with Gasteiger partial charge in [0.05, 0.1) is 19.7 Å². The molecular formula is C23H26N2O3. The molecule has 1 aromatic heterocycles. The Morgan fingerprint density at radius 3 is 2.68 bits per heavy atom. The van der Waals surface area contributed by atoms with E-state index in [1.807, 2.05) is 28.8 Å². The zero-order valence-electron chi connectivity index (χ0n) is 16.5. The topological polar surface area (TPSA) is 52.5 Å². The summed E-state index contributed by atoms with van der Waals surface area (Å²) >= 11 is 0. The normalized spacial score (nSPS) is 13.6. The lowest BCUT2D eigenvalue weighted by Crippen LogP contribution is -2.21. The van der Waals surface area contributed by atoms with Gasteiger partial charge < -0.3 is 14.8 Å². The van der Waals surface area contributed by atoms with Crippen molar-refractivity contribution in [2.45, 2.75) is 32.2 Å². The second-order valence-corrected chi connectivity index (χ2v) is 7.14. The van der Waals surface area contributed by atoms with Gasteiger partial charge in [-0.05, 0) is 55.1 Å². The Balaban J connectivity index is 1.48. The molecule has 5 heteroatoms. The Morgan fingerprint density at radius 1 is 1.04 bits per heavy atom. The van der Waals surface area contributed by atoms with E-state index in [1.54, 1.807) is 14.2 Å². The second kappa shape index (κ2) is 8.07. The zero-order chi connectivity index (χ0) is 19.5. The summed E-state index contributed by atoms with van der Waals surface area (Å²) in [6.45, 7) is 1.61. The van der Waals surface area contributed by atoms with Crippen LogP contribution in [0.2, 0.25) is 0 Å². The Bertz CT molecular complexity index is 1010. The van der Waals surface area contributed by atoms with E-state index < -0.39 is 0 Å². The van der Waals surface area contributed by atoms with Gasteiger partial charge in [-0.25, -0.2) is 0 Å². The van der Waals surface area contributed by atoms with Crippen LogP contribution in [0.25, 0.3) is 10.9 Å². The Kier molecular flexibility index (Phi) is 5.35. The van der Waals surface area contributed by atoms with E-state index in [-0.39, 0.29) is 5.91 Å². The molecule has 0 radical (unpaired) electrons. The number of carbonyl (C=O) groups is 1. The zero-order valence-corrected chi connectivity index (χ0v) is 16.5. The molecule has 2 heterocycles. The van der Waals surface area contributed by atoms with Crippen LogP contribution in [0.5, 0.6) is 11.5 Å². The summed E-state index contributed by atoms with van der Waals surface area (Å²) in [6, 6.07) is 14.2. The largest absolute Gasteiger partial charge is 0.493 e. The quantitative estimate of drug-likeness (QED) is 0.632. The molecule has 2 aromatic carbocycles. The molecule has 0 spiro atoms. The number of ether oxygens (including phenoxy) is 2. The SMILES string of the molecule is COc1ccc(CNCCc2c3n(c4ccccc24)C(=O)CCC3)cc1OC. The van der Waals surface area contributed by atoms with Gasteiger partial charge in [0.2, 0.25) is 5.91 Å². The van der Waals surface area contributed by atoms with Crippen LogP contribution in [0.4, 0.5) is 0 Å². The smallest absolute Gasteiger partial charge is 0.231 e. The van der Waals surface area contributed by atoms with Crippen LogP contribution in [-0.2, 0) is 19.4 Å². The van der Waals surface area contributed by atoms with Gasteiger partial charge in [0.1, 0.15) is 0 Å². The van der Waals surface area contributed by atoms with Crippen molar-refractivity contribution < 1.29 is 14.3 Å². The summed E-state index contributed by atoms with van der Waals surface area (Å²) in [5.41, 5.74) is 4.71. The van der Waals surface area contributed by atoms with Gasteiger partial charge in [-0.2, -0.15) is 0 Å². The molecule has 5 nitrogen and oxygen atoms in total. The Morgan fingerprint density at radius 2 is 1.86 bits per heavy atom. The van der Waals surface area contributed by atoms with Crippen LogP contribution in [0.15, 0.2) is 42.5 Å². The monoisotopic (exact) mass is 378 g/mol. The van der Waals surface area contributed by atoms with Gasteiger partial charge in [-0.3, -0.25) is 9.36 Å². The molecule has 0 bridgehead atoms. The van der Waals surface area contributed by atoms with E-state index in [1.165, 1.54) is 16.6 Å². The van der Waals surface area contributed by atoms with E-state index in [4.69, 9.17) is 9.47 Å². The molecule has 0 amide bonds. The summed E-state index contributed by atoms with van der Waals surface area (Å²) in [5, 5.41) is 4.73. The summed E-state index contributed by atoms with van der Waals surface area (Å²) in [7, 11) is 3.29. The fourth-order valence-electron chi connectivity index (χ4n) is 4.14. The lowest BCUT2D eigenvalue weighted by molar-refractivity contribution is 0.0889. The number of rotatable bonds is 7. The Hall–Kier alpha value is -2.79. The summed E-state index contributed by atoms with van der Waals surface area (Å²) in [5.74, 6) is 1.71. The van der Waals surface area contributed by atoms with E-state index in [0.29, 0.717) is 6.42 Å². The average Bonchev–Trinajstić information content (AvgIpc) is 3.06. The van der Waals surface area contributed by atoms with Crippen LogP contribution in [0.1, 0.15) is 34.5 Å². The van der Waals surface area contributed by atoms with Crippen LogP contribution in [-0.4, -0.2) is 31.2 Å². The van der Waals surface area contributed by atoms with Gasteiger partial charge in [0.25, 0.3) is 0 Å². The number of methoxy groups -OCH3 is 2. The van der Waals surface area contributed by atoms with Crippen molar-refractivity contribution in [1.29, 1.82) is 0 Å². The summed E-state index contributed by atoms with van der Waals surface area (Å²) in [6.07, 6.45) is 3.47. The van der Waals surface area contributed by atoms with Gasteiger partial charge in [0, 0.05) is 24.0 Å². The molecular weight excluding hydrogens is 352 g/mol. The highest BCUT2D eigenvalue weighted by Gasteiger charge is 2.23. The van der Waals surface area contributed by atoms with Crippen molar-refractivity contribution in [3.05, 3.63) is 59.3 Å². The molecule has 0 saturated heterocycles. The van der Waals surface area contributed by atoms with Gasteiger partial charge in [-0.15, -0.1) is 0 Å². The lowest BCUT2D eigenvalue weighted by Gasteiger charge is -2.16. The maximum atomic E-state index is 12.5. The van der Waals surface area contributed by atoms with Gasteiger partial charge >= 0.3 is 0 Å². The number of nitrogens with one attached hydrogen (secondary N) is 1. The number of aromatic nitrogens is 1. The van der Waals surface area contributed by atoms with Crippen LogP contribution in [0.3, 0.4) is 0 Å². The van der Waals surface area contributed by atoms with Crippen molar-refractivity contribution >= 4 is 16.8 Å². The predicted octanol–water partition coefficient (Wildman–Crippen LogP) is 3.97. The molecule has 146 valence electrons. The predicted molar refractivity (Wildman–Crippen MR) is 110 cm³/mol. The van der Waals surface area contributed by atoms with E-state index in [0.717, 1.165) is 54.9 Å². The number of benzene rings is 2. The van der Waals surface area contributed by atoms with Gasteiger partial charge in [0.15, 0.2) is 11.5 Å². The molecule has 4 rings (SSSR count). The minimum atomic E-state index is 0.224. The van der Waals surface area contributed by atoms with Crippen molar-refractivity contribution in [2.75, 3.05) is 20.8 Å². The number of hydrogen-bond acceptors (Lipinski definition) is 4. The van der Waals surface area contributed by atoms with Crippen LogP contribution in [0, 0.1) is 0 Å². The number of hydrogen-bond donors (Lipinski definition) is 1. The molecule has 3 aromatic rings. The fourth-order valence-corrected chi connectivity index (χ4v) is 4.14. The first-order valence-electron chi connectivity index (χ1n) is 9.79. The maximum absolute atomic E-state index is 12.5. The third-order valence-electron chi connectivity index (χ3n) is 5.47.